The average Bonchev–Trinajstić information content (AvgIpc) is 3.32. The number of phenols is 1. The summed E-state index contributed by atoms with van der Waals surface area (Å²) in [6, 6.07) is 4.80. The first kappa shape index (κ1) is 33.5. The van der Waals surface area contributed by atoms with E-state index in [1.165, 1.54) is 31.2 Å². The fourth-order valence-corrected chi connectivity index (χ4v) is 12.0. The van der Waals surface area contributed by atoms with Crippen LogP contribution in [0.25, 0.3) is 6.08 Å². The zero-order valence-electron chi connectivity index (χ0n) is 28.9. The van der Waals surface area contributed by atoms with Gasteiger partial charge in [0.1, 0.15) is 6.10 Å². The maximum Gasteiger partial charge on any atom is 0.331 e. The van der Waals surface area contributed by atoms with Gasteiger partial charge in [-0.15, -0.1) is 0 Å². The molecule has 6 rings (SSSR count). The molecule has 1 aromatic rings. The summed E-state index contributed by atoms with van der Waals surface area (Å²) in [5, 5.41) is 44.7. The maximum atomic E-state index is 13.1. The molecule has 4 fully saturated rings. The summed E-state index contributed by atoms with van der Waals surface area (Å²) < 4.78 is 11.2. The number of methoxy groups -OCH3 is 1. The number of carbonyl (C=O) groups is 1. The van der Waals surface area contributed by atoms with E-state index in [9.17, 15) is 25.2 Å². The van der Waals surface area contributed by atoms with Crippen molar-refractivity contribution in [1.29, 1.82) is 0 Å². The van der Waals surface area contributed by atoms with E-state index in [4.69, 9.17) is 9.47 Å². The fraction of sp³-hybridized carbons (Fsp3) is 0.718. The summed E-state index contributed by atoms with van der Waals surface area (Å²) in [4.78, 5) is 13.1. The van der Waals surface area contributed by atoms with Gasteiger partial charge in [0.25, 0.3) is 0 Å². The van der Waals surface area contributed by atoms with Gasteiger partial charge in [0.05, 0.1) is 25.9 Å². The van der Waals surface area contributed by atoms with Gasteiger partial charge in [-0.3, -0.25) is 0 Å². The Morgan fingerprint density at radius 1 is 1.00 bits per heavy atom. The third-order valence-corrected chi connectivity index (χ3v) is 14.6. The van der Waals surface area contributed by atoms with Gasteiger partial charge >= 0.3 is 5.97 Å². The average molecular weight is 637 g/mol. The van der Waals surface area contributed by atoms with Crippen molar-refractivity contribution >= 4 is 12.0 Å². The molecule has 0 heterocycles. The molecule has 46 heavy (non-hydrogen) atoms. The summed E-state index contributed by atoms with van der Waals surface area (Å²) in [5.74, 6) is 0.0351. The van der Waals surface area contributed by atoms with Crippen molar-refractivity contribution < 1.29 is 34.7 Å². The van der Waals surface area contributed by atoms with Crippen molar-refractivity contribution in [2.75, 3.05) is 13.7 Å². The number of hydrogen-bond acceptors (Lipinski definition) is 7. The van der Waals surface area contributed by atoms with Gasteiger partial charge in [-0.05, 0) is 121 Å². The van der Waals surface area contributed by atoms with Gasteiger partial charge < -0.3 is 29.9 Å². The second kappa shape index (κ2) is 11.1. The lowest BCUT2D eigenvalue weighted by Gasteiger charge is -2.71. The minimum atomic E-state index is -0.925. The molecule has 0 amide bonds. The van der Waals surface area contributed by atoms with Gasteiger partial charge in [-0.2, -0.15) is 0 Å². The lowest BCUT2D eigenvalue weighted by atomic mass is 9.34. The van der Waals surface area contributed by atoms with Crippen LogP contribution in [0, 0.1) is 44.3 Å². The molecule has 0 saturated heterocycles. The molecule has 0 bridgehead atoms. The summed E-state index contributed by atoms with van der Waals surface area (Å²) in [6.07, 6.45) is 11.7. The normalized spacial score (nSPS) is 44.7. The van der Waals surface area contributed by atoms with Crippen LogP contribution in [0.3, 0.4) is 0 Å². The van der Waals surface area contributed by atoms with Gasteiger partial charge in [-0.25, -0.2) is 4.79 Å². The summed E-state index contributed by atoms with van der Waals surface area (Å²) in [7, 11) is 1.46. The number of ether oxygens (including phenoxy) is 2. The first-order chi connectivity index (χ1) is 21.5. The second-order valence-corrected chi connectivity index (χ2v) is 17.5. The summed E-state index contributed by atoms with van der Waals surface area (Å²) in [5.41, 5.74) is 0.858. The molecule has 0 unspecified atom stereocenters. The minimum Gasteiger partial charge on any atom is -0.504 e. The topological polar surface area (TPSA) is 116 Å². The molecule has 1 spiro atoms. The number of esters is 1. The van der Waals surface area contributed by atoms with Gasteiger partial charge in [-0.1, -0.05) is 53.7 Å². The van der Waals surface area contributed by atoms with Crippen LogP contribution in [0.4, 0.5) is 0 Å². The maximum absolute atomic E-state index is 13.1. The SMILES string of the molecule is COc1cc(/C=C\C(=O)O[C@H]2[C@H](O)C[C@@]3(C)[C@@H](CC[C@]4(C)[C@@H]3CC=C3[C@@H](O)[C@@]5(CCC(C)(C)C5)CC[C@]34C)[C@]2(C)CO)ccc1O. The summed E-state index contributed by atoms with van der Waals surface area (Å²) in [6.45, 7) is 13.6. The largest absolute Gasteiger partial charge is 0.504 e. The third-order valence-electron chi connectivity index (χ3n) is 14.6. The summed E-state index contributed by atoms with van der Waals surface area (Å²) >= 11 is 0. The quantitative estimate of drug-likeness (QED) is 0.159. The van der Waals surface area contributed by atoms with Crippen LogP contribution in [0.1, 0.15) is 105 Å². The standard InChI is InChI=1S/C39H56O7/c1-34(2)16-18-39(22-34)19-17-37(5)25(32(39)44)10-12-30-35(3)21-27(42)33(36(4,23-40)29(35)14-15-38(30,37)6)46-31(43)13-9-24-8-11-26(41)28(20-24)45-7/h8-11,13,20,27,29-30,32-33,40-42,44H,12,14-19,21-23H2,1-7H3/b13-9-/t27-,29-,30-,32-,33+,35+,36+,37-,38-,39+/m1/s1. The van der Waals surface area contributed by atoms with Gasteiger partial charge in [0.2, 0.25) is 0 Å². The highest BCUT2D eigenvalue weighted by atomic mass is 16.6. The molecule has 7 nitrogen and oxygen atoms in total. The zero-order valence-corrected chi connectivity index (χ0v) is 28.9. The molecule has 5 aliphatic rings. The number of hydrogen-bond donors (Lipinski definition) is 4. The number of allylic oxidation sites excluding steroid dienone is 1. The highest BCUT2D eigenvalue weighted by Crippen LogP contribution is 2.75. The molecular weight excluding hydrogens is 580 g/mol. The van der Waals surface area contributed by atoms with Crippen LogP contribution in [0.2, 0.25) is 0 Å². The fourth-order valence-electron chi connectivity index (χ4n) is 12.0. The number of aliphatic hydroxyl groups is 3. The second-order valence-electron chi connectivity index (χ2n) is 17.5. The Morgan fingerprint density at radius 3 is 2.37 bits per heavy atom. The Bertz CT molecular complexity index is 1430. The van der Waals surface area contributed by atoms with Crippen LogP contribution in [-0.4, -0.2) is 58.4 Å². The van der Waals surface area contributed by atoms with E-state index in [2.05, 4.69) is 40.7 Å². The third kappa shape index (κ3) is 4.81. The first-order valence-electron chi connectivity index (χ1n) is 17.4. The number of fused-ring (bicyclic) bond motifs is 5. The molecule has 4 N–H and O–H groups in total. The van der Waals surface area contributed by atoms with Crippen molar-refractivity contribution in [3.05, 3.63) is 41.5 Å². The Hall–Kier alpha value is -2.35. The number of aromatic hydroxyl groups is 1. The molecule has 0 radical (unpaired) electrons. The van der Waals surface area contributed by atoms with E-state index in [0.29, 0.717) is 17.7 Å². The first-order valence-corrected chi connectivity index (χ1v) is 17.4. The molecule has 1 aromatic carbocycles. The smallest absolute Gasteiger partial charge is 0.331 e. The molecule has 254 valence electrons. The highest BCUT2D eigenvalue weighted by molar-refractivity contribution is 5.87. The van der Waals surface area contributed by atoms with E-state index in [0.717, 1.165) is 44.9 Å². The molecule has 5 aliphatic carbocycles. The van der Waals surface area contributed by atoms with E-state index >= 15 is 0 Å². The van der Waals surface area contributed by atoms with Crippen LogP contribution < -0.4 is 4.74 Å². The molecule has 7 heteroatoms. The van der Waals surface area contributed by atoms with Crippen LogP contribution in [-0.2, 0) is 9.53 Å². The van der Waals surface area contributed by atoms with E-state index in [-0.39, 0.29) is 51.3 Å². The van der Waals surface area contributed by atoms with Crippen molar-refractivity contribution in [3.8, 4) is 11.5 Å². The van der Waals surface area contributed by atoms with Crippen molar-refractivity contribution in [3.63, 3.8) is 0 Å². The van der Waals surface area contributed by atoms with Crippen molar-refractivity contribution in [2.24, 2.45) is 44.3 Å². The predicted octanol–water partition coefficient (Wildman–Crippen LogP) is 6.82. The van der Waals surface area contributed by atoms with Crippen molar-refractivity contribution in [1.82, 2.24) is 0 Å². The zero-order chi connectivity index (χ0) is 33.5. The number of aliphatic hydroxyl groups excluding tert-OH is 3. The molecule has 4 saturated carbocycles. The van der Waals surface area contributed by atoms with Crippen LogP contribution >= 0.6 is 0 Å². The molecule has 0 aliphatic heterocycles. The van der Waals surface area contributed by atoms with E-state index in [1.807, 2.05) is 6.92 Å². The number of benzene rings is 1. The molecular formula is C39H56O7. The monoisotopic (exact) mass is 636 g/mol. The number of rotatable bonds is 5. The van der Waals surface area contributed by atoms with E-state index in [1.54, 1.807) is 18.2 Å². The highest BCUT2D eigenvalue weighted by Gasteiger charge is 2.70. The predicted molar refractivity (Wildman–Crippen MR) is 178 cm³/mol. The minimum absolute atomic E-state index is 0.0120. The Morgan fingerprint density at radius 2 is 1.72 bits per heavy atom. The van der Waals surface area contributed by atoms with E-state index < -0.39 is 29.7 Å². The van der Waals surface area contributed by atoms with Crippen LogP contribution in [0.15, 0.2) is 35.9 Å². The Kier molecular flexibility index (Phi) is 8.09. The Balaban J connectivity index is 1.26. The van der Waals surface area contributed by atoms with Crippen molar-refractivity contribution in [2.45, 2.75) is 118 Å². The lowest BCUT2D eigenvalue weighted by Crippen LogP contribution is -2.68. The lowest BCUT2D eigenvalue weighted by molar-refractivity contribution is -0.249. The molecule has 10 atom stereocenters. The van der Waals surface area contributed by atoms with Gasteiger partial charge in [0.15, 0.2) is 11.5 Å². The Labute approximate surface area is 275 Å². The number of phenolic OH excluding ortho intramolecular Hbond substituents is 1. The number of carbonyl (C=O) groups excluding carboxylic acids is 1. The van der Waals surface area contributed by atoms with Gasteiger partial charge in [0, 0.05) is 16.9 Å². The van der Waals surface area contributed by atoms with Crippen LogP contribution in [0.5, 0.6) is 11.5 Å². The molecule has 0 aromatic heterocycles.